The van der Waals surface area contributed by atoms with Gasteiger partial charge in [0.1, 0.15) is 5.76 Å². The maximum atomic E-state index is 12.7. The Bertz CT molecular complexity index is 600. The zero-order chi connectivity index (χ0) is 15.8. The van der Waals surface area contributed by atoms with Crippen molar-refractivity contribution in [3.05, 3.63) is 23.7 Å². The maximum Gasteiger partial charge on any atom is 0.317 e. The molecule has 0 atom stereocenters. The fraction of sp³-hybridized carbons (Fsp3) is 0.647. The standard InChI is InChI=1S/C17H23N3O3/c21-16(14-6-11-23-15(14)12-2-3-12)19-9-4-13(5-10-19)20-8-1-7-18-17(20)22/h6,11-13H,1-5,7-10H2,(H,18,22). The first kappa shape index (κ1) is 14.6. The first-order valence-corrected chi connectivity index (χ1v) is 8.65. The van der Waals surface area contributed by atoms with Crippen molar-refractivity contribution < 1.29 is 14.0 Å². The summed E-state index contributed by atoms with van der Waals surface area (Å²) in [4.78, 5) is 28.5. The van der Waals surface area contributed by atoms with Gasteiger partial charge in [0.25, 0.3) is 5.91 Å². The van der Waals surface area contributed by atoms with Gasteiger partial charge in [0, 0.05) is 38.1 Å². The zero-order valence-electron chi connectivity index (χ0n) is 13.3. The summed E-state index contributed by atoms with van der Waals surface area (Å²) in [6.07, 6.45) is 6.60. The van der Waals surface area contributed by atoms with E-state index >= 15 is 0 Å². The topological polar surface area (TPSA) is 65.8 Å². The molecule has 1 saturated carbocycles. The monoisotopic (exact) mass is 317 g/mol. The van der Waals surface area contributed by atoms with Gasteiger partial charge in [-0.25, -0.2) is 4.79 Å². The van der Waals surface area contributed by atoms with Crippen LogP contribution in [0, 0.1) is 0 Å². The van der Waals surface area contributed by atoms with Crippen LogP contribution < -0.4 is 5.32 Å². The van der Waals surface area contributed by atoms with Crippen LogP contribution in [0.25, 0.3) is 0 Å². The minimum atomic E-state index is 0.0480. The minimum Gasteiger partial charge on any atom is -0.468 e. The molecule has 6 heteroatoms. The van der Waals surface area contributed by atoms with Gasteiger partial charge in [0.15, 0.2) is 0 Å². The van der Waals surface area contributed by atoms with Crippen LogP contribution in [-0.4, -0.2) is 54.0 Å². The third kappa shape index (κ3) is 2.82. The molecule has 2 saturated heterocycles. The van der Waals surface area contributed by atoms with E-state index in [4.69, 9.17) is 4.42 Å². The predicted molar refractivity (Wildman–Crippen MR) is 84.3 cm³/mol. The van der Waals surface area contributed by atoms with Gasteiger partial charge in [0.05, 0.1) is 11.8 Å². The van der Waals surface area contributed by atoms with Crippen LogP contribution in [0.5, 0.6) is 0 Å². The molecule has 6 nitrogen and oxygen atoms in total. The summed E-state index contributed by atoms with van der Waals surface area (Å²) < 4.78 is 5.52. The molecule has 3 heterocycles. The average Bonchev–Trinajstić information content (AvgIpc) is 3.32. The minimum absolute atomic E-state index is 0.0480. The molecule has 1 aromatic heterocycles. The number of urea groups is 1. The van der Waals surface area contributed by atoms with E-state index in [1.807, 2.05) is 9.80 Å². The number of piperidine rings is 1. The van der Waals surface area contributed by atoms with Crippen LogP contribution in [0.2, 0.25) is 0 Å². The molecule has 1 N–H and O–H groups in total. The second kappa shape index (κ2) is 5.91. The number of nitrogens with one attached hydrogen (secondary N) is 1. The van der Waals surface area contributed by atoms with Gasteiger partial charge < -0.3 is 19.5 Å². The molecule has 0 spiro atoms. The molecule has 0 aromatic carbocycles. The van der Waals surface area contributed by atoms with Gasteiger partial charge in [0.2, 0.25) is 0 Å². The van der Waals surface area contributed by atoms with Crippen molar-refractivity contribution in [1.82, 2.24) is 15.1 Å². The van der Waals surface area contributed by atoms with E-state index in [0.717, 1.165) is 56.5 Å². The molecule has 124 valence electrons. The quantitative estimate of drug-likeness (QED) is 0.929. The van der Waals surface area contributed by atoms with Crippen LogP contribution in [0.1, 0.15) is 54.1 Å². The lowest BCUT2D eigenvalue weighted by Gasteiger charge is -2.40. The summed E-state index contributed by atoms with van der Waals surface area (Å²) in [5, 5.41) is 2.91. The molecule has 0 unspecified atom stereocenters. The average molecular weight is 317 g/mol. The highest BCUT2D eigenvalue weighted by Crippen LogP contribution is 2.42. The molecular formula is C17H23N3O3. The number of carbonyl (C=O) groups is 2. The Kier molecular flexibility index (Phi) is 3.75. The van der Waals surface area contributed by atoms with E-state index < -0.39 is 0 Å². The molecule has 1 aromatic rings. The first-order valence-electron chi connectivity index (χ1n) is 8.65. The molecule has 3 amide bonds. The van der Waals surface area contributed by atoms with Gasteiger partial charge in [-0.3, -0.25) is 4.79 Å². The Hall–Kier alpha value is -1.98. The van der Waals surface area contributed by atoms with Gasteiger partial charge in [-0.2, -0.15) is 0 Å². The fourth-order valence-electron chi connectivity index (χ4n) is 3.71. The first-order chi connectivity index (χ1) is 11.2. The number of carbonyl (C=O) groups excluding carboxylic acids is 2. The summed E-state index contributed by atoms with van der Waals surface area (Å²) in [5.41, 5.74) is 0.738. The van der Waals surface area contributed by atoms with Crippen molar-refractivity contribution in [2.24, 2.45) is 0 Å². The van der Waals surface area contributed by atoms with Crippen molar-refractivity contribution >= 4 is 11.9 Å². The zero-order valence-corrected chi connectivity index (χ0v) is 13.3. The van der Waals surface area contributed by atoms with Crippen LogP contribution >= 0.6 is 0 Å². The number of nitrogens with zero attached hydrogens (tertiary/aromatic N) is 2. The van der Waals surface area contributed by atoms with Crippen molar-refractivity contribution in [3.63, 3.8) is 0 Å². The van der Waals surface area contributed by atoms with Crippen LogP contribution in [0.15, 0.2) is 16.7 Å². The highest BCUT2D eigenvalue weighted by atomic mass is 16.3. The van der Waals surface area contributed by atoms with Crippen molar-refractivity contribution in [3.8, 4) is 0 Å². The lowest BCUT2D eigenvalue weighted by atomic mass is 10.0. The summed E-state index contributed by atoms with van der Waals surface area (Å²) in [7, 11) is 0. The number of likely N-dealkylation sites (tertiary alicyclic amines) is 1. The number of amides is 3. The van der Waals surface area contributed by atoms with E-state index in [1.54, 1.807) is 12.3 Å². The normalized spacial score (nSPS) is 23.0. The Morgan fingerprint density at radius 3 is 2.65 bits per heavy atom. The highest BCUT2D eigenvalue weighted by molar-refractivity contribution is 5.95. The number of hydrogen-bond acceptors (Lipinski definition) is 3. The predicted octanol–water partition coefficient (Wildman–Crippen LogP) is 2.18. The molecule has 0 radical (unpaired) electrons. The van der Waals surface area contributed by atoms with Crippen molar-refractivity contribution in [2.75, 3.05) is 26.2 Å². The van der Waals surface area contributed by atoms with E-state index in [2.05, 4.69) is 5.32 Å². The third-order valence-electron chi connectivity index (χ3n) is 5.18. The van der Waals surface area contributed by atoms with E-state index in [1.165, 1.54) is 0 Å². The number of rotatable bonds is 3. The van der Waals surface area contributed by atoms with E-state index in [9.17, 15) is 9.59 Å². The second-order valence-electron chi connectivity index (χ2n) is 6.78. The fourth-order valence-corrected chi connectivity index (χ4v) is 3.71. The number of hydrogen-bond donors (Lipinski definition) is 1. The van der Waals surface area contributed by atoms with E-state index in [0.29, 0.717) is 19.0 Å². The van der Waals surface area contributed by atoms with Gasteiger partial charge >= 0.3 is 6.03 Å². The largest absolute Gasteiger partial charge is 0.468 e. The Balaban J connectivity index is 1.38. The molecule has 2 aliphatic heterocycles. The van der Waals surface area contributed by atoms with Gasteiger partial charge in [-0.05, 0) is 38.2 Å². The molecule has 3 fully saturated rings. The molecule has 0 bridgehead atoms. The van der Waals surface area contributed by atoms with Crippen LogP contribution in [0.3, 0.4) is 0 Å². The summed E-state index contributed by atoms with van der Waals surface area (Å²) in [6.45, 7) is 3.03. The van der Waals surface area contributed by atoms with E-state index in [-0.39, 0.29) is 18.0 Å². The van der Waals surface area contributed by atoms with Crippen LogP contribution in [0.4, 0.5) is 4.79 Å². The lowest BCUT2D eigenvalue weighted by Crippen LogP contribution is -2.54. The SMILES string of the molecule is O=C(c1ccoc1C1CC1)N1CCC(N2CCCNC2=O)CC1. The molecular weight excluding hydrogens is 294 g/mol. The third-order valence-corrected chi connectivity index (χ3v) is 5.18. The highest BCUT2D eigenvalue weighted by Gasteiger charge is 2.35. The molecule has 3 aliphatic rings. The Labute approximate surface area is 135 Å². The van der Waals surface area contributed by atoms with Crippen LogP contribution in [-0.2, 0) is 0 Å². The van der Waals surface area contributed by atoms with Crippen molar-refractivity contribution in [2.45, 2.75) is 44.1 Å². The summed E-state index contributed by atoms with van der Waals surface area (Å²) in [5.74, 6) is 1.40. The molecule has 23 heavy (non-hydrogen) atoms. The number of furan rings is 1. The summed E-state index contributed by atoms with van der Waals surface area (Å²) in [6, 6.07) is 2.11. The van der Waals surface area contributed by atoms with Gasteiger partial charge in [-0.15, -0.1) is 0 Å². The maximum absolute atomic E-state index is 12.7. The van der Waals surface area contributed by atoms with Gasteiger partial charge in [-0.1, -0.05) is 0 Å². The second-order valence-corrected chi connectivity index (χ2v) is 6.78. The molecule has 4 rings (SSSR count). The summed E-state index contributed by atoms with van der Waals surface area (Å²) >= 11 is 0. The Morgan fingerprint density at radius 1 is 1.17 bits per heavy atom. The molecule has 1 aliphatic carbocycles. The Morgan fingerprint density at radius 2 is 1.96 bits per heavy atom. The van der Waals surface area contributed by atoms with Crippen molar-refractivity contribution in [1.29, 1.82) is 0 Å². The lowest BCUT2D eigenvalue weighted by molar-refractivity contribution is 0.0640. The smallest absolute Gasteiger partial charge is 0.317 e.